The molecule has 0 bridgehead atoms. The molecule has 1 fully saturated rings. The van der Waals surface area contributed by atoms with Crippen LogP contribution in [0.4, 0.5) is 0 Å². The van der Waals surface area contributed by atoms with Crippen LogP contribution in [-0.4, -0.2) is 45.1 Å². The number of nitrogens with one attached hydrogen (secondary N) is 1. The molecule has 1 N–H and O–H groups in total. The number of hydrogen-bond acceptors (Lipinski definition) is 5. The Morgan fingerprint density at radius 2 is 2.12 bits per heavy atom. The molecule has 0 spiro atoms. The van der Waals surface area contributed by atoms with Gasteiger partial charge in [-0.1, -0.05) is 11.6 Å². The molecular formula is C17H22ClNO5S. The summed E-state index contributed by atoms with van der Waals surface area (Å²) in [5, 5.41) is 3.08. The van der Waals surface area contributed by atoms with E-state index in [9.17, 15) is 13.2 Å². The van der Waals surface area contributed by atoms with Crippen LogP contribution in [0.1, 0.15) is 25.8 Å². The molecule has 1 saturated heterocycles. The van der Waals surface area contributed by atoms with E-state index in [0.29, 0.717) is 28.5 Å². The fourth-order valence-corrected chi connectivity index (χ4v) is 4.45. The van der Waals surface area contributed by atoms with Gasteiger partial charge in [0.05, 0.1) is 29.7 Å². The van der Waals surface area contributed by atoms with Crippen molar-refractivity contribution in [2.45, 2.75) is 32.4 Å². The summed E-state index contributed by atoms with van der Waals surface area (Å²) in [5.41, 5.74) is 0.673. The van der Waals surface area contributed by atoms with Crippen LogP contribution in [0, 0.1) is 0 Å². The monoisotopic (exact) mass is 387 g/mol. The summed E-state index contributed by atoms with van der Waals surface area (Å²) in [6, 6.07) is 3.06. The lowest BCUT2D eigenvalue weighted by Gasteiger charge is -2.15. The van der Waals surface area contributed by atoms with Crippen LogP contribution >= 0.6 is 11.6 Å². The Labute approximate surface area is 153 Å². The minimum Gasteiger partial charge on any atom is -0.493 e. The van der Waals surface area contributed by atoms with Gasteiger partial charge in [-0.2, -0.15) is 0 Å². The molecule has 138 valence electrons. The second-order valence-electron chi connectivity index (χ2n) is 6.14. The first-order valence-electron chi connectivity index (χ1n) is 7.93. The van der Waals surface area contributed by atoms with E-state index in [1.165, 1.54) is 13.2 Å². The topological polar surface area (TPSA) is 81.7 Å². The quantitative estimate of drug-likeness (QED) is 0.758. The lowest BCUT2D eigenvalue weighted by molar-refractivity contribution is -0.116. The van der Waals surface area contributed by atoms with Crippen molar-refractivity contribution in [2.75, 3.05) is 18.6 Å². The van der Waals surface area contributed by atoms with Crippen LogP contribution in [-0.2, 0) is 14.6 Å². The van der Waals surface area contributed by atoms with E-state index in [1.54, 1.807) is 18.2 Å². The van der Waals surface area contributed by atoms with Crippen molar-refractivity contribution in [3.8, 4) is 11.5 Å². The van der Waals surface area contributed by atoms with Gasteiger partial charge in [-0.25, -0.2) is 8.42 Å². The number of amides is 1. The van der Waals surface area contributed by atoms with Crippen molar-refractivity contribution in [2.24, 2.45) is 0 Å². The number of carbonyl (C=O) groups excluding carboxylic acids is 1. The van der Waals surface area contributed by atoms with E-state index in [0.717, 1.165) is 0 Å². The molecule has 2 rings (SSSR count). The number of methoxy groups -OCH3 is 1. The lowest BCUT2D eigenvalue weighted by Crippen LogP contribution is -2.34. The molecule has 1 amide bonds. The summed E-state index contributed by atoms with van der Waals surface area (Å²) in [6.45, 7) is 3.77. The molecule has 1 aliphatic rings. The van der Waals surface area contributed by atoms with Gasteiger partial charge in [0.25, 0.3) is 0 Å². The molecule has 0 aliphatic carbocycles. The fraction of sp³-hybridized carbons (Fsp3) is 0.471. The van der Waals surface area contributed by atoms with Gasteiger partial charge in [-0.3, -0.25) is 4.79 Å². The van der Waals surface area contributed by atoms with Gasteiger partial charge >= 0.3 is 0 Å². The average Bonchev–Trinajstić information content (AvgIpc) is 2.85. The van der Waals surface area contributed by atoms with Gasteiger partial charge in [0.1, 0.15) is 0 Å². The van der Waals surface area contributed by atoms with Crippen molar-refractivity contribution in [1.29, 1.82) is 0 Å². The standard InChI is InChI=1S/C17H22ClNO5S/c1-11(2)24-17-14(18)8-12(9-15(17)23-3)4-5-16(20)19-13-6-7-25(21,22)10-13/h4-5,8-9,11,13H,6-7,10H2,1-3H3,(H,19,20)/b5-4+/t13-/m1/s1. The lowest BCUT2D eigenvalue weighted by atomic mass is 10.1. The molecule has 0 radical (unpaired) electrons. The first-order valence-corrected chi connectivity index (χ1v) is 10.1. The van der Waals surface area contributed by atoms with Crippen molar-refractivity contribution in [3.05, 3.63) is 28.8 Å². The maximum absolute atomic E-state index is 12.0. The van der Waals surface area contributed by atoms with E-state index in [-0.39, 0.29) is 29.6 Å². The Bertz CT molecular complexity index is 773. The molecule has 1 aromatic rings. The van der Waals surface area contributed by atoms with Crippen molar-refractivity contribution in [1.82, 2.24) is 5.32 Å². The molecule has 1 heterocycles. The summed E-state index contributed by atoms with van der Waals surface area (Å²) in [7, 11) is -1.51. The molecule has 0 saturated carbocycles. The number of hydrogen-bond donors (Lipinski definition) is 1. The third kappa shape index (κ3) is 5.64. The van der Waals surface area contributed by atoms with Crippen molar-refractivity contribution in [3.63, 3.8) is 0 Å². The van der Waals surface area contributed by atoms with E-state index in [1.807, 2.05) is 13.8 Å². The van der Waals surface area contributed by atoms with Crippen molar-refractivity contribution >= 4 is 33.4 Å². The van der Waals surface area contributed by atoms with E-state index in [2.05, 4.69) is 5.32 Å². The number of benzene rings is 1. The SMILES string of the molecule is COc1cc(/C=C/C(=O)N[C@@H]2CCS(=O)(=O)C2)cc(Cl)c1OC(C)C. The number of sulfone groups is 1. The molecule has 8 heteroatoms. The van der Waals surface area contributed by atoms with Crippen LogP contribution in [0.3, 0.4) is 0 Å². The first kappa shape index (κ1) is 19.6. The highest BCUT2D eigenvalue weighted by atomic mass is 35.5. The maximum Gasteiger partial charge on any atom is 0.244 e. The third-order valence-electron chi connectivity index (χ3n) is 3.61. The zero-order chi connectivity index (χ0) is 18.6. The molecule has 1 aromatic carbocycles. The van der Waals surface area contributed by atoms with Gasteiger partial charge in [0, 0.05) is 12.1 Å². The predicted molar refractivity (Wildman–Crippen MR) is 98.0 cm³/mol. The normalized spacial score (nSPS) is 19.3. The second-order valence-corrected chi connectivity index (χ2v) is 8.78. The van der Waals surface area contributed by atoms with E-state index < -0.39 is 9.84 Å². The first-order chi connectivity index (χ1) is 11.7. The van der Waals surface area contributed by atoms with Gasteiger partial charge in [0.15, 0.2) is 21.3 Å². The molecule has 1 aliphatic heterocycles. The maximum atomic E-state index is 12.0. The zero-order valence-electron chi connectivity index (χ0n) is 14.4. The summed E-state index contributed by atoms with van der Waals surface area (Å²) in [6.07, 6.45) is 3.33. The van der Waals surface area contributed by atoms with Crippen LogP contribution < -0.4 is 14.8 Å². The van der Waals surface area contributed by atoms with Gasteiger partial charge in [-0.15, -0.1) is 0 Å². The summed E-state index contributed by atoms with van der Waals surface area (Å²) in [5.74, 6) is 0.693. The van der Waals surface area contributed by atoms with Crippen LogP contribution in [0.2, 0.25) is 5.02 Å². The van der Waals surface area contributed by atoms with E-state index in [4.69, 9.17) is 21.1 Å². The van der Waals surface area contributed by atoms with Gasteiger partial charge in [0.2, 0.25) is 5.91 Å². The van der Waals surface area contributed by atoms with Gasteiger partial charge in [-0.05, 0) is 44.0 Å². The van der Waals surface area contributed by atoms with Crippen LogP contribution in [0.15, 0.2) is 18.2 Å². The predicted octanol–water partition coefficient (Wildman–Crippen LogP) is 2.45. The highest BCUT2D eigenvalue weighted by Gasteiger charge is 2.28. The number of ether oxygens (including phenoxy) is 2. The smallest absolute Gasteiger partial charge is 0.244 e. The van der Waals surface area contributed by atoms with Crippen LogP contribution in [0.5, 0.6) is 11.5 Å². The second kappa shape index (κ2) is 8.10. The molecule has 25 heavy (non-hydrogen) atoms. The Kier molecular flexibility index (Phi) is 6.35. The molecular weight excluding hydrogens is 366 g/mol. The Morgan fingerprint density at radius 3 is 2.68 bits per heavy atom. The molecule has 6 nitrogen and oxygen atoms in total. The number of carbonyl (C=O) groups is 1. The number of rotatable bonds is 6. The van der Waals surface area contributed by atoms with Crippen molar-refractivity contribution < 1.29 is 22.7 Å². The van der Waals surface area contributed by atoms with Gasteiger partial charge < -0.3 is 14.8 Å². The Hall–Kier alpha value is -1.73. The molecule has 0 unspecified atom stereocenters. The average molecular weight is 388 g/mol. The Balaban J connectivity index is 2.07. The molecule has 0 aromatic heterocycles. The number of halogens is 1. The fourth-order valence-electron chi connectivity index (χ4n) is 2.52. The Morgan fingerprint density at radius 1 is 1.40 bits per heavy atom. The summed E-state index contributed by atoms with van der Waals surface area (Å²) in [4.78, 5) is 12.0. The summed E-state index contributed by atoms with van der Waals surface area (Å²) >= 11 is 6.24. The third-order valence-corrected chi connectivity index (χ3v) is 5.66. The molecule has 1 atom stereocenters. The minimum atomic E-state index is -3.02. The zero-order valence-corrected chi connectivity index (χ0v) is 16.0. The highest BCUT2D eigenvalue weighted by Crippen LogP contribution is 2.37. The van der Waals surface area contributed by atoms with E-state index >= 15 is 0 Å². The largest absolute Gasteiger partial charge is 0.493 e. The summed E-state index contributed by atoms with van der Waals surface area (Å²) < 4.78 is 33.7. The minimum absolute atomic E-state index is 0.00648. The highest BCUT2D eigenvalue weighted by molar-refractivity contribution is 7.91. The van der Waals surface area contributed by atoms with Crippen LogP contribution in [0.25, 0.3) is 6.08 Å².